The minimum absolute atomic E-state index is 0.0720. The summed E-state index contributed by atoms with van der Waals surface area (Å²) in [6.45, 7) is 5.53. The van der Waals surface area contributed by atoms with Crippen LogP contribution in [0.25, 0.3) is 0 Å². The zero-order valence-corrected chi connectivity index (χ0v) is 16.4. The van der Waals surface area contributed by atoms with Gasteiger partial charge < -0.3 is 10.2 Å². The van der Waals surface area contributed by atoms with E-state index in [1.807, 2.05) is 12.1 Å². The number of hydrogen-bond donors (Lipinski definition) is 1. The van der Waals surface area contributed by atoms with Crippen LogP contribution in [0.5, 0.6) is 0 Å². The molecule has 1 N–H and O–H groups in total. The molecule has 3 rings (SSSR count). The maximum atomic E-state index is 13.1. The molecule has 1 aliphatic carbocycles. The molecule has 0 aliphatic heterocycles. The summed E-state index contributed by atoms with van der Waals surface area (Å²) >= 11 is 5.93. The van der Waals surface area contributed by atoms with Gasteiger partial charge in [0.1, 0.15) is 6.54 Å². The Balaban J connectivity index is 1.73. The van der Waals surface area contributed by atoms with Crippen molar-refractivity contribution < 1.29 is 18.0 Å². The van der Waals surface area contributed by atoms with Crippen molar-refractivity contribution in [3.05, 3.63) is 40.7 Å². The van der Waals surface area contributed by atoms with Gasteiger partial charge in [0, 0.05) is 30.4 Å². The fourth-order valence-corrected chi connectivity index (χ4v) is 3.58. The zero-order chi connectivity index (χ0) is 20.5. The van der Waals surface area contributed by atoms with Gasteiger partial charge in [-0.2, -0.15) is 18.3 Å². The summed E-state index contributed by atoms with van der Waals surface area (Å²) in [7, 11) is 0. The van der Waals surface area contributed by atoms with Gasteiger partial charge in [-0.3, -0.25) is 9.48 Å². The molecule has 1 amide bonds. The second kappa shape index (κ2) is 8.03. The molecule has 0 unspecified atom stereocenters. The van der Waals surface area contributed by atoms with Gasteiger partial charge in [0.15, 0.2) is 5.69 Å². The van der Waals surface area contributed by atoms with Crippen LogP contribution in [-0.2, 0) is 17.5 Å². The number of alkyl halides is 3. The van der Waals surface area contributed by atoms with Gasteiger partial charge >= 0.3 is 6.18 Å². The van der Waals surface area contributed by atoms with Crippen LogP contribution in [0.1, 0.15) is 44.0 Å². The lowest BCUT2D eigenvalue weighted by molar-refractivity contribution is -0.141. The van der Waals surface area contributed by atoms with E-state index < -0.39 is 22.8 Å². The molecule has 0 radical (unpaired) electrons. The van der Waals surface area contributed by atoms with Crippen molar-refractivity contribution in [1.82, 2.24) is 9.78 Å². The van der Waals surface area contributed by atoms with Crippen LogP contribution in [-0.4, -0.2) is 28.8 Å². The van der Waals surface area contributed by atoms with E-state index in [1.54, 1.807) is 12.1 Å². The zero-order valence-electron chi connectivity index (χ0n) is 15.7. The summed E-state index contributed by atoms with van der Waals surface area (Å²) in [5, 5.41) is 5.88. The number of halogens is 4. The van der Waals surface area contributed by atoms with E-state index in [-0.39, 0.29) is 12.5 Å². The van der Waals surface area contributed by atoms with Crippen molar-refractivity contribution >= 4 is 28.9 Å². The average Bonchev–Trinajstić information content (AvgIpc) is 3.40. The molecule has 2 aromatic rings. The van der Waals surface area contributed by atoms with Crippen molar-refractivity contribution in [2.75, 3.05) is 23.3 Å². The Morgan fingerprint density at radius 1 is 1.25 bits per heavy atom. The molecule has 1 aromatic carbocycles. The Bertz CT molecular complexity index is 840. The Morgan fingerprint density at radius 3 is 2.36 bits per heavy atom. The molecule has 1 heterocycles. The molecule has 5 nitrogen and oxygen atoms in total. The Hall–Kier alpha value is -2.22. The summed E-state index contributed by atoms with van der Waals surface area (Å²) in [6, 6.07) is 7.32. The third-order valence-electron chi connectivity index (χ3n) is 4.74. The highest BCUT2D eigenvalue weighted by atomic mass is 35.5. The molecule has 1 fully saturated rings. The molecular weight excluding hydrogens is 393 g/mol. The van der Waals surface area contributed by atoms with E-state index in [2.05, 4.69) is 29.2 Å². The lowest BCUT2D eigenvalue weighted by atomic mass is 10.2. The van der Waals surface area contributed by atoms with E-state index in [0.29, 0.717) is 11.4 Å². The maximum Gasteiger partial charge on any atom is 0.436 e. The van der Waals surface area contributed by atoms with Crippen molar-refractivity contribution in [1.29, 1.82) is 0 Å². The van der Waals surface area contributed by atoms with Crippen molar-refractivity contribution in [3.8, 4) is 0 Å². The second-order valence-electron chi connectivity index (χ2n) is 6.74. The van der Waals surface area contributed by atoms with Gasteiger partial charge in [0.2, 0.25) is 5.91 Å². The summed E-state index contributed by atoms with van der Waals surface area (Å²) in [4.78, 5) is 14.5. The Kier molecular flexibility index (Phi) is 5.88. The molecule has 0 atom stereocenters. The fourth-order valence-electron chi connectivity index (χ4n) is 3.18. The first kappa shape index (κ1) is 20.5. The van der Waals surface area contributed by atoms with Gasteiger partial charge in [-0.05, 0) is 51.0 Å². The number of aromatic nitrogens is 2. The highest BCUT2D eigenvalue weighted by Crippen LogP contribution is 2.46. The van der Waals surface area contributed by atoms with Gasteiger partial charge in [0.05, 0.1) is 10.7 Å². The number of rotatable bonds is 7. The molecule has 1 saturated carbocycles. The van der Waals surface area contributed by atoms with Crippen LogP contribution >= 0.6 is 11.6 Å². The maximum absolute atomic E-state index is 13.1. The highest BCUT2D eigenvalue weighted by Gasteiger charge is 2.42. The molecule has 0 bridgehead atoms. The topological polar surface area (TPSA) is 50.2 Å². The van der Waals surface area contributed by atoms with Crippen LogP contribution < -0.4 is 10.2 Å². The minimum Gasteiger partial charge on any atom is -0.372 e. The molecule has 1 aromatic heterocycles. The number of carbonyl (C=O) groups is 1. The second-order valence-corrected chi connectivity index (χ2v) is 7.12. The number of benzene rings is 1. The summed E-state index contributed by atoms with van der Waals surface area (Å²) in [5.41, 5.74) is 0.768. The van der Waals surface area contributed by atoms with Gasteiger partial charge in [-0.25, -0.2) is 0 Å². The number of hydrogen-bond acceptors (Lipinski definition) is 3. The standard InChI is InChI=1S/C19H22ClF3N4O/c1-3-26(4-2)14-9-7-13(8-10-14)24-15(28)11-27-17(12-5-6-12)16(20)18(25-27)19(21,22)23/h7-10,12H,3-6,11H2,1-2H3,(H,24,28). The molecule has 1 aliphatic rings. The third-order valence-corrected chi connectivity index (χ3v) is 5.11. The lowest BCUT2D eigenvalue weighted by Crippen LogP contribution is -2.22. The SMILES string of the molecule is CCN(CC)c1ccc(NC(=O)Cn2nc(C(F)(F)F)c(Cl)c2C2CC2)cc1. The largest absolute Gasteiger partial charge is 0.436 e. The highest BCUT2D eigenvalue weighted by molar-refractivity contribution is 6.32. The predicted molar refractivity (Wildman–Crippen MR) is 103 cm³/mol. The number of carbonyl (C=O) groups excluding carboxylic acids is 1. The van der Waals surface area contributed by atoms with Crippen molar-refractivity contribution in [2.24, 2.45) is 0 Å². The van der Waals surface area contributed by atoms with Crippen LogP contribution in [0, 0.1) is 0 Å². The number of anilines is 2. The van der Waals surface area contributed by atoms with E-state index in [9.17, 15) is 18.0 Å². The number of nitrogens with zero attached hydrogens (tertiary/aromatic N) is 3. The predicted octanol–water partition coefficient (Wildman–Crippen LogP) is 4.92. The monoisotopic (exact) mass is 414 g/mol. The molecule has 0 spiro atoms. The quantitative estimate of drug-likeness (QED) is 0.699. The van der Waals surface area contributed by atoms with Crippen LogP contribution in [0.2, 0.25) is 5.02 Å². The first-order valence-electron chi connectivity index (χ1n) is 9.22. The van der Waals surface area contributed by atoms with E-state index in [4.69, 9.17) is 11.6 Å². The molecule has 28 heavy (non-hydrogen) atoms. The number of nitrogens with one attached hydrogen (secondary N) is 1. The average molecular weight is 415 g/mol. The minimum atomic E-state index is -4.65. The van der Waals surface area contributed by atoms with Crippen LogP contribution in [0.3, 0.4) is 0 Å². The van der Waals surface area contributed by atoms with E-state index in [1.165, 1.54) is 0 Å². The number of amides is 1. The smallest absolute Gasteiger partial charge is 0.372 e. The first-order chi connectivity index (χ1) is 13.2. The van der Waals surface area contributed by atoms with E-state index in [0.717, 1.165) is 36.3 Å². The van der Waals surface area contributed by atoms with Crippen molar-refractivity contribution in [2.45, 2.75) is 45.3 Å². The lowest BCUT2D eigenvalue weighted by Gasteiger charge is -2.21. The van der Waals surface area contributed by atoms with Gasteiger partial charge in [-0.1, -0.05) is 11.6 Å². The van der Waals surface area contributed by atoms with Crippen LogP contribution in [0.15, 0.2) is 24.3 Å². The molecule has 0 saturated heterocycles. The molecule has 152 valence electrons. The fraction of sp³-hybridized carbons (Fsp3) is 0.474. The normalized spacial score (nSPS) is 14.2. The Labute approximate surface area is 166 Å². The van der Waals surface area contributed by atoms with Gasteiger partial charge in [-0.15, -0.1) is 0 Å². The molecular formula is C19H22ClF3N4O. The van der Waals surface area contributed by atoms with Crippen molar-refractivity contribution in [3.63, 3.8) is 0 Å². The van der Waals surface area contributed by atoms with Gasteiger partial charge in [0.25, 0.3) is 0 Å². The third kappa shape index (κ3) is 4.43. The summed E-state index contributed by atoms with van der Waals surface area (Å²) < 4.78 is 40.4. The Morgan fingerprint density at radius 2 is 1.86 bits per heavy atom. The summed E-state index contributed by atoms with van der Waals surface area (Å²) in [5.74, 6) is -0.525. The molecule has 9 heteroatoms. The summed E-state index contributed by atoms with van der Waals surface area (Å²) in [6.07, 6.45) is -3.16. The first-order valence-corrected chi connectivity index (χ1v) is 9.60. The van der Waals surface area contributed by atoms with E-state index >= 15 is 0 Å². The van der Waals surface area contributed by atoms with Crippen LogP contribution in [0.4, 0.5) is 24.5 Å².